The van der Waals surface area contributed by atoms with Crippen LogP contribution < -0.4 is 25.0 Å². The van der Waals surface area contributed by atoms with Crippen molar-refractivity contribution < 1.29 is 33.4 Å². The van der Waals surface area contributed by atoms with Gasteiger partial charge in [-0.3, -0.25) is 29.7 Å². The number of para-hydroxylation sites is 2. The molecule has 7 aromatic rings. The molecule has 3 fully saturated rings. The number of hydrogen-bond acceptors (Lipinski definition) is 13. The number of nitrogens with zero attached hydrogens (tertiary/aromatic N) is 6. The standard InChI is InChI=1S/C61H68N8O7S/c1-37-42(43-25-27-52(63-55(43)59(73)76-61(2,3)4)69-35-29-39-13-8-15-44(47(39)36-69)57(71)65-60-62-48-17-6-7-20-51(48)77-60)14-9-18-49(37)74-40-23-21-38(22-24-40)12-11-32-68-33-30-41(31-34-68)75-50-19-10-16-45-54(66-67(5)56(45)50)46-26-28-53(70)64-58(46)72/h6-10,13-20,25,27,38,40-41,46H,11-12,21-24,26,28-36H2,1-5H3,(H,62,65,71)(H,64,70,72). The number of thiazole rings is 1. The number of pyridine rings is 1. The van der Waals surface area contributed by atoms with Gasteiger partial charge in [-0.2, -0.15) is 5.10 Å². The lowest BCUT2D eigenvalue weighted by atomic mass is 9.84. The highest BCUT2D eigenvalue weighted by Gasteiger charge is 2.34. The lowest BCUT2D eigenvalue weighted by Crippen LogP contribution is -2.39. The first-order chi connectivity index (χ1) is 37.2. The quantitative estimate of drug-likeness (QED) is 0.0782. The average Bonchev–Trinajstić information content (AvgIpc) is 4.07. The van der Waals surface area contributed by atoms with Crippen molar-refractivity contribution >= 4 is 67.1 Å². The number of aromatic nitrogens is 4. The molecule has 77 heavy (non-hydrogen) atoms. The molecule has 1 unspecified atom stereocenters. The van der Waals surface area contributed by atoms with Crippen LogP contribution in [-0.2, 0) is 34.3 Å². The lowest BCUT2D eigenvalue weighted by Gasteiger charge is -2.33. The maximum absolute atomic E-state index is 14.1. The number of esters is 1. The molecule has 3 aliphatic heterocycles. The van der Waals surface area contributed by atoms with Crippen molar-refractivity contribution in [1.29, 1.82) is 0 Å². The van der Waals surface area contributed by atoms with Gasteiger partial charge >= 0.3 is 5.97 Å². The Morgan fingerprint density at radius 1 is 0.792 bits per heavy atom. The van der Waals surface area contributed by atoms with E-state index in [0.717, 1.165) is 113 Å². The van der Waals surface area contributed by atoms with E-state index in [4.69, 9.17) is 24.3 Å². The number of fused-ring (bicyclic) bond motifs is 3. The van der Waals surface area contributed by atoms with Crippen LogP contribution in [0.25, 0.3) is 32.2 Å². The molecule has 11 rings (SSSR count). The van der Waals surface area contributed by atoms with Gasteiger partial charge in [0.1, 0.15) is 34.5 Å². The predicted molar refractivity (Wildman–Crippen MR) is 300 cm³/mol. The highest BCUT2D eigenvalue weighted by molar-refractivity contribution is 7.22. The van der Waals surface area contributed by atoms with Gasteiger partial charge in [0.25, 0.3) is 5.91 Å². The number of benzene rings is 4. The molecular formula is C61H68N8O7S. The van der Waals surface area contributed by atoms with E-state index in [9.17, 15) is 19.2 Å². The number of hydrogen-bond donors (Lipinski definition) is 2. The van der Waals surface area contributed by atoms with Crippen molar-refractivity contribution in [3.8, 4) is 22.6 Å². The first-order valence-corrected chi connectivity index (χ1v) is 28.2. The maximum Gasteiger partial charge on any atom is 0.358 e. The van der Waals surface area contributed by atoms with Crippen LogP contribution in [0.5, 0.6) is 11.5 Å². The van der Waals surface area contributed by atoms with E-state index in [2.05, 4.69) is 38.4 Å². The molecule has 4 aromatic carbocycles. The number of nitrogens with one attached hydrogen (secondary N) is 2. The van der Waals surface area contributed by atoms with Crippen LogP contribution in [0, 0.1) is 12.8 Å². The molecule has 1 aliphatic carbocycles. The molecule has 0 radical (unpaired) electrons. The summed E-state index contributed by atoms with van der Waals surface area (Å²) in [5.41, 5.74) is 7.08. The number of piperidine rings is 2. The third kappa shape index (κ3) is 11.5. The molecule has 3 aromatic heterocycles. The van der Waals surface area contributed by atoms with Gasteiger partial charge in [0.05, 0.1) is 27.9 Å². The summed E-state index contributed by atoms with van der Waals surface area (Å²) in [5.74, 6) is 1.25. The fraction of sp³-hybridized carbons (Fsp3) is 0.426. The molecule has 2 saturated heterocycles. The minimum absolute atomic E-state index is 0.105. The van der Waals surface area contributed by atoms with Crippen molar-refractivity contribution in [2.75, 3.05) is 36.4 Å². The third-order valence-electron chi connectivity index (χ3n) is 15.8. The average molecular weight is 1060 g/mol. The molecule has 400 valence electrons. The molecule has 6 heterocycles. The second-order valence-electron chi connectivity index (χ2n) is 22.3. The number of aryl methyl sites for hydroxylation is 1. The highest BCUT2D eigenvalue weighted by Crippen LogP contribution is 2.39. The molecule has 1 saturated carbocycles. The number of likely N-dealkylation sites (tertiary alicyclic amines) is 1. The van der Waals surface area contributed by atoms with Gasteiger partial charge < -0.3 is 24.0 Å². The second-order valence-corrected chi connectivity index (χ2v) is 23.3. The monoisotopic (exact) mass is 1060 g/mol. The Labute approximate surface area is 453 Å². The van der Waals surface area contributed by atoms with Gasteiger partial charge in [0.2, 0.25) is 11.8 Å². The van der Waals surface area contributed by atoms with Gasteiger partial charge in [-0.1, -0.05) is 59.9 Å². The summed E-state index contributed by atoms with van der Waals surface area (Å²) in [6.07, 6.45) is 10.2. The third-order valence-corrected chi connectivity index (χ3v) is 16.8. The smallest absolute Gasteiger partial charge is 0.358 e. The van der Waals surface area contributed by atoms with Crippen molar-refractivity contribution in [2.45, 2.75) is 129 Å². The summed E-state index contributed by atoms with van der Waals surface area (Å²) in [7, 11) is 1.89. The predicted octanol–water partition coefficient (Wildman–Crippen LogP) is 11.1. The van der Waals surface area contributed by atoms with E-state index in [-0.39, 0.29) is 35.6 Å². The van der Waals surface area contributed by atoms with Crippen molar-refractivity contribution in [1.82, 2.24) is 30.0 Å². The normalized spacial score (nSPS) is 19.5. The molecule has 3 amide bonds. The van der Waals surface area contributed by atoms with Crippen molar-refractivity contribution in [2.24, 2.45) is 13.0 Å². The van der Waals surface area contributed by atoms with Crippen molar-refractivity contribution in [3.05, 3.63) is 125 Å². The minimum Gasteiger partial charge on any atom is -0.490 e. The van der Waals surface area contributed by atoms with E-state index in [1.165, 1.54) is 24.2 Å². The van der Waals surface area contributed by atoms with Crippen LogP contribution in [-0.4, -0.2) is 92.3 Å². The first-order valence-electron chi connectivity index (χ1n) is 27.4. The van der Waals surface area contributed by atoms with Crippen LogP contribution in [0.2, 0.25) is 0 Å². The summed E-state index contributed by atoms with van der Waals surface area (Å²) >= 11 is 1.45. The van der Waals surface area contributed by atoms with E-state index >= 15 is 0 Å². The summed E-state index contributed by atoms with van der Waals surface area (Å²) in [6.45, 7) is 11.8. The number of anilines is 2. The van der Waals surface area contributed by atoms with E-state index in [1.54, 1.807) is 0 Å². The van der Waals surface area contributed by atoms with E-state index in [1.807, 2.05) is 117 Å². The van der Waals surface area contributed by atoms with Crippen LogP contribution in [0.3, 0.4) is 0 Å². The van der Waals surface area contributed by atoms with Crippen LogP contribution in [0.1, 0.15) is 134 Å². The Hall–Kier alpha value is -7.17. The zero-order valence-corrected chi connectivity index (χ0v) is 45.5. The summed E-state index contributed by atoms with van der Waals surface area (Å²) in [4.78, 5) is 66.8. The molecule has 0 spiro atoms. The van der Waals surface area contributed by atoms with Gasteiger partial charge in [0.15, 0.2) is 10.8 Å². The van der Waals surface area contributed by atoms with E-state index < -0.39 is 17.5 Å². The number of imide groups is 1. The van der Waals surface area contributed by atoms with Gasteiger partial charge in [0, 0.05) is 56.2 Å². The van der Waals surface area contributed by atoms with E-state index in [0.29, 0.717) is 66.0 Å². The van der Waals surface area contributed by atoms with Crippen molar-refractivity contribution in [3.63, 3.8) is 0 Å². The summed E-state index contributed by atoms with van der Waals surface area (Å²) < 4.78 is 22.3. The number of amides is 3. The Kier molecular flexibility index (Phi) is 14.9. The fourth-order valence-electron chi connectivity index (χ4n) is 11.8. The molecule has 0 bridgehead atoms. The Bertz CT molecular complexity index is 3330. The lowest BCUT2D eigenvalue weighted by molar-refractivity contribution is -0.134. The maximum atomic E-state index is 14.1. The van der Waals surface area contributed by atoms with Crippen LogP contribution >= 0.6 is 11.3 Å². The zero-order valence-electron chi connectivity index (χ0n) is 44.7. The largest absolute Gasteiger partial charge is 0.490 e. The first kappa shape index (κ1) is 51.9. The Morgan fingerprint density at radius 3 is 2.34 bits per heavy atom. The summed E-state index contributed by atoms with van der Waals surface area (Å²) in [6, 6.07) is 29.7. The minimum atomic E-state index is -0.734. The second kappa shape index (κ2) is 22.1. The number of rotatable bonds is 14. The van der Waals surface area contributed by atoms with Crippen LogP contribution in [0.4, 0.5) is 10.9 Å². The molecule has 16 heteroatoms. The number of carbonyl (C=O) groups is 4. The SMILES string of the molecule is Cc1c(OC2CCC(CCCN3CCC(Oc4cccc5c(C6CCC(=O)NC6=O)nn(C)c45)CC3)CC2)cccc1-c1ccc(N2CCc3cccc(C(=O)Nc4nc5ccccc5s4)c3C2)nc1C(=O)OC(C)(C)C. The number of carbonyl (C=O) groups excluding carboxylic acids is 4. The summed E-state index contributed by atoms with van der Waals surface area (Å²) in [5, 5.41) is 11.7. The molecule has 2 N–H and O–H groups in total. The fourth-order valence-corrected chi connectivity index (χ4v) is 12.7. The topological polar surface area (TPSA) is 170 Å². The molecule has 4 aliphatic rings. The number of ether oxygens (including phenoxy) is 3. The van der Waals surface area contributed by atoms with Gasteiger partial charge in [-0.25, -0.2) is 14.8 Å². The van der Waals surface area contributed by atoms with Gasteiger partial charge in [-0.15, -0.1) is 0 Å². The van der Waals surface area contributed by atoms with Gasteiger partial charge in [-0.05, 0) is 169 Å². The Morgan fingerprint density at radius 2 is 1.55 bits per heavy atom. The molecular weight excluding hydrogens is 989 g/mol. The zero-order chi connectivity index (χ0) is 53.4. The molecule has 1 atom stereocenters. The molecule has 15 nitrogen and oxygen atoms in total. The van der Waals surface area contributed by atoms with Crippen LogP contribution in [0.15, 0.2) is 91.0 Å². The Balaban J connectivity index is 0.686. The highest BCUT2D eigenvalue weighted by atomic mass is 32.1.